The minimum absolute atomic E-state index is 0.307. The Kier molecular flexibility index (Phi) is 17.3. The van der Waals surface area contributed by atoms with Crippen molar-refractivity contribution in [2.75, 3.05) is 39.6 Å². The third-order valence-corrected chi connectivity index (χ3v) is 16.9. The Morgan fingerprint density at radius 3 is 0.870 bits per heavy atom. The van der Waals surface area contributed by atoms with Crippen LogP contribution in [0.5, 0.6) is 11.5 Å². The maximum atomic E-state index is 6.75. The number of para-hydroxylation sites is 2. The number of hydrogen-bond acceptors (Lipinski definition) is 12. The number of nitrogens with zero attached hydrogens (tertiary/aromatic N) is 4. The van der Waals surface area contributed by atoms with Gasteiger partial charge in [-0.15, -0.1) is 18.1 Å². The van der Waals surface area contributed by atoms with Gasteiger partial charge in [0.25, 0.3) is 0 Å². The summed E-state index contributed by atoms with van der Waals surface area (Å²) in [4.78, 5) is 0. The molecule has 0 atom stereocenters. The van der Waals surface area contributed by atoms with Crippen LogP contribution in [0.15, 0.2) is 78.7 Å². The van der Waals surface area contributed by atoms with E-state index >= 15 is 0 Å². The molecule has 3 rings (SSSR count). The summed E-state index contributed by atoms with van der Waals surface area (Å²) in [6.45, 7) is 14.0. The normalized spacial score (nSPS) is 17.7. The van der Waals surface area contributed by atoms with Gasteiger partial charge >= 0.3 is 30.6 Å². The van der Waals surface area contributed by atoms with Gasteiger partial charge in [-0.3, -0.25) is 0 Å². The highest BCUT2D eigenvalue weighted by atomic mass is 31.3. The predicted molar refractivity (Wildman–Crippen MR) is 189 cm³/mol. The second-order valence-electron chi connectivity index (χ2n) is 10.1. The predicted octanol–water partition coefficient (Wildman–Crippen LogP) is 12.5. The molecule has 0 saturated carbocycles. The topological polar surface area (TPSA) is 123 Å². The van der Waals surface area contributed by atoms with Crippen LogP contribution in [0.2, 0.25) is 0 Å². The Labute approximate surface area is 276 Å². The average molecular weight is 721 g/mol. The van der Waals surface area contributed by atoms with E-state index in [0.29, 0.717) is 89.7 Å². The van der Waals surface area contributed by atoms with E-state index in [1.54, 1.807) is 0 Å². The van der Waals surface area contributed by atoms with Crippen molar-refractivity contribution in [3.05, 3.63) is 60.7 Å². The first-order chi connectivity index (χ1) is 22.3. The third kappa shape index (κ3) is 12.0. The van der Waals surface area contributed by atoms with Crippen LogP contribution in [-0.4, -0.2) is 39.6 Å². The lowest BCUT2D eigenvalue weighted by molar-refractivity contribution is 0.223. The second kappa shape index (κ2) is 20.3. The maximum Gasteiger partial charge on any atom is 0.457 e. The molecule has 0 amide bonds. The lowest BCUT2D eigenvalue weighted by Crippen LogP contribution is -2.08. The molecule has 1 heterocycles. The van der Waals surface area contributed by atoms with Gasteiger partial charge in [0, 0.05) is 0 Å². The number of hydrogen-bond donors (Lipinski definition) is 0. The molecule has 2 aromatic carbocycles. The van der Waals surface area contributed by atoms with Crippen LogP contribution in [0, 0.1) is 0 Å². The van der Waals surface area contributed by atoms with Crippen molar-refractivity contribution < 1.29 is 36.2 Å². The summed E-state index contributed by atoms with van der Waals surface area (Å²) in [7, 11) is -14.7. The van der Waals surface area contributed by atoms with E-state index in [9.17, 15) is 0 Å². The SMILES string of the molecule is CCCOP1(OCCC)=NP(OCCC)(OCCC)=NP(Oc2ccccc2)(Oc2ccccc2)=NP(OCCC)(OCCC)=N1. The van der Waals surface area contributed by atoms with E-state index in [2.05, 4.69) is 0 Å². The van der Waals surface area contributed by atoms with Crippen LogP contribution in [0.25, 0.3) is 0 Å². The summed E-state index contributed by atoms with van der Waals surface area (Å²) in [5.74, 6) is 0.969. The molecule has 0 spiro atoms. The van der Waals surface area contributed by atoms with Gasteiger partial charge in [0.2, 0.25) is 0 Å². The molecule has 0 unspecified atom stereocenters. The Balaban J connectivity index is 2.58. The minimum atomic E-state index is -3.85. The van der Waals surface area contributed by atoms with Crippen LogP contribution in [-0.2, 0) is 27.1 Å². The van der Waals surface area contributed by atoms with E-state index in [1.807, 2.05) is 102 Å². The molecule has 0 aromatic heterocycles. The van der Waals surface area contributed by atoms with E-state index < -0.39 is 30.6 Å². The van der Waals surface area contributed by atoms with Crippen LogP contribution in [0.1, 0.15) is 80.1 Å². The van der Waals surface area contributed by atoms with E-state index in [0.717, 1.165) is 0 Å². The first-order valence-corrected chi connectivity index (χ1v) is 22.4. The molecule has 0 radical (unpaired) electrons. The first kappa shape index (κ1) is 39.2. The molecule has 46 heavy (non-hydrogen) atoms. The molecule has 0 saturated heterocycles. The van der Waals surface area contributed by atoms with Crippen LogP contribution < -0.4 is 9.05 Å². The lowest BCUT2D eigenvalue weighted by Gasteiger charge is -2.33. The molecular weight excluding hydrogens is 668 g/mol. The van der Waals surface area contributed by atoms with Gasteiger partial charge in [-0.1, -0.05) is 77.9 Å². The molecule has 16 heteroatoms. The minimum Gasteiger partial charge on any atom is -0.413 e. The molecule has 2 aromatic rings. The number of rotatable bonds is 22. The van der Waals surface area contributed by atoms with E-state index in [1.165, 1.54) is 0 Å². The molecular formula is C30H52N4O8P4. The van der Waals surface area contributed by atoms with Crippen molar-refractivity contribution in [3.8, 4) is 11.5 Å². The standard InChI is InChI=1S/C30H52N4O8P4/c1-7-23-35-43(36-24-8-2)31-44(37-25-9-3,38-26-10-4)33-46(41-29-19-15-13-16-20-29,42-30-21-17-14-18-22-30)34-45(32-43,39-27-11-5)40-28-12-6/h13-22H,7-12,23-28H2,1-6H3. The second-order valence-corrected chi connectivity index (χ2v) is 18.8. The first-order valence-electron chi connectivity index (χ1n) is 16.3. The van der Waals surface area contributed by atoms with Gasteiger partial charge < -0.3 is 36.2 Å². The van der Waals surface area contributed by atoms with Crippen molar-refractivity contribution in [2.45, 2.75) is 80.1 Å². The van der Waals surface area contributed by atoms with Crippen molar-refractivity contribution in [3.63, 3.8) is 0 Å². The summed E-state index contributed by atoms with van der Waals surface area (Å²) in [5.41, 5.74) is 0. The molecule has 12 nitrogen and oxygen atoms in total. The maximum absolute atomic E-state index is 6.75. The Morgan fingerprint density at radius 2 is 0.609 bits per heavy atom. The van der Waals surface area contributed by atoms with Gasteiger partial charge in [0.05, 0.1) is 39.6 Å². The summed E-state index contributed by atoms with van der Waals surface area (Å²) >= 11 is 0. The quantitative estimate of drug-likeness (QED) is 0.110. The Hall–Kier alpha value is -1.28. The van der Waals surface area contributed by atoms with Gasteiger partial charge in [-0.25, -0.2) is 0 Å². The van der Waals surface area contributed by atoms with E-state index in [4.69, 9.17) is 54.3 Å². The van der Waals surface area contributed by atoms with Gasteiger partial charge in [0.1, 0.15) is 11.5 Å². The molecule has 1 aliphatic rings. The summed E-state index contributed by atoms with van der Waals surface area (Å²) in [6.07, 6.45) is 4.16. The fourth-order valence-corrected chi connectivity index (χ4v) is 16.7. The van der Waals surface area contributed by atoms with Crippen molar-refractivity contribution in [1.82, 2.24) is 0 Å². The summed E-state index contributed by atoms with van der Waals surface area (Å²) < 4.78 is 73.6. The Morgan fingerprint density at radius 1 is 0.370 bits per heavy atom. The van der Waals surface area contributed by atoms with Crippen LogP contribution in [0.4, 0.5) is 0 Å². The molecule has 260 valence electrons. The molecule has 1 aliphatic heterocycles. The van der Waals surface area contributed by atoms with Gasteiger partial charge in [-0.05, 0) is 62.8 Å². The fourth-order valence-electron chi connectivity index (χ4n) is 3.65. The highest BCUT2D eigenvalue weighted by Gasteiger charge is 2.45. The van der Waals surface area contributed by atoms with Crippen molar-refractivity contribution in [1.29, 1.82) is 0 Å². The summed E-state index contributed by atoms with van der Waals surface area (Å²) in [6, 6.07) is 18.6. The van der Waals surface area contributed by atoms with Crippen LogP contribution >= 0.6 is 30.6 Å². The van der Waals surface area contributed by atoms with E-state index in [-0.39, 0.29) is 0 Å². The zero-order valence-electron chi connectivity index (χ0n) is 28.1. The molecule has 0 fully saturated rings. The zero-order valence-corrected chi connectivity index (χ0v) is 31.7. The molecule has 0 aliphatic carbocycles. The molecule has 0 N–H and O–H groups in total. The van der Waals surface area contributed by atoms with Crippen molar-refractivity contribution in [2.24, 2.45) is 18.1 Å². The van der Waals surface area contributed by atoms with Crippen LogP contribution in [0.3, 0.4) is 0 Å². The third-order valence-electron chi connectivity index (χ3n) is 5.62. The van der Waals surface area contributed by atoms with Crippen molar-refractivity contribution >= 4 is 30.6 Å². The largest absolute Gasteiger partial charge is 0.457 e. The number of benzene rings is 2. The van der Waals surface area contributed by atoms with Gasteiger partial charge in [-0.2, -0.15) is 0 Å². The smallest absolute Gasteiger partial charge is 0.413 e. The van der Waals surface area contributed by atoms with Gasteiger partial charge in [0.15, 0.2) is 0 Å². The lowest BCUT2D eigenvalue weighted by atomic mass is 10.3. The zero-order chi connectivity index (χ0) is 33.2. The highest BCUT2D eigenvalue weighted by Crippen LogP contribution is 2.80. The molecule has 0 bridgehead atoms. The summed E-state index contributed by atoms with van der Waals surface area (Å²) in [5, 5.41) is 0. The monoisotopic (exact) mass is 720 g/mol. The highest BCUT2D eigenvalue weighted by molar-refractivity contribution is 7.78. The Bertz CT molecular complexity index is 1300. The average Bonchev–Trinajstić information content (AvgIpc) is 3.06. The fraction of sp³-hybridized carbons (Fsp3) is 0.600.